The maximum absolute atomic E-state index is 12.4. The molecule has 0 aliphatic carbocycles. The Morgan fingerprint density at radius 2 is 2.00 bits per heavy atom. The topological polar surface area (TPSA) is 49.4 Å². The fourth-order valence-corrected chi connectivity index (χ4v) is 3.66. The summed E-state index contributed by atoms with van der Waals surface area (Å²) in [5.41, 5.74) is 0. The van der Waals surface area contributed by atoms with E-state index < -0.39 is 14.8 Å². The molecule has 0 amide bonds. The maximum Gasteiger partial charge on any atom is 0.219 e. The summed E-state index contributed by atoms with van der Waals surface area (Å²) < 4.78 is 25.9. The summed E-state index contributed by atoms with van der Waals surface area (Å²) in [5.74, 6) is 0. The predicted molar refractivity (Wildman–Crippen MR) is 66.9 cm³/mol. The molecule has 1 heterocycles. The Kier molecular flexibility index (Phi) is 4.37. The van der Waals surface area contributed by atoms with Gasteiger partial charge in [-0.25, -0.2) is 8.42 Å². The number of nitrogens with zero attached hydrogens (tertiary/aromatic N) is 1. The highest BCUT2D eigenvalue weighted by Crippen LogP contribution is 2.24. The molecule has 0 aromatic carbocycles. The number of sulfonamides is 1. The molecule has 0 spiro atoms. The van der Waals surface area contributed by atoms with E-state index in [1.54, 1.807) is 25.1 Å². The highest BCUT2D eigenvalue weighted by Gasteiger charge is 2.39. The molecule has 0 radical (unpaired) electrons. The fourth-order valence-electron chi connectivity index (χ4n) is 1.96. The van der Waals surface area contributed by atoms with Crippen molar-refractivity contribution in [2.24, 2.45) is 0 Å². The van der Waals surface area contributed by atoms with E-state index in [9.17, 15) is 8.42 Å². The van der Waals surface area contributed by atoms with E-state index in [1.807, 2.05) is 6.92 Å². The van der Waals surface area contributed by atoms with Gasteiger partial charge in [0, 0.05) is 19.1 Å². The molecule has 0 saturated carbocycles. The third-order valence-electron chi connectivity index (χ3n) is 2.97. The van der Waals surface area contributed by atoms with Gasteiger partial charge in [-0.2, -0.15) is 4.31 Å². The van der Waals surface area contributed by atoms with Crippen molar-refractivity contribution in [2.45, 2.75) is 51.3 Å². The number of rotatable bonds is 4. The van der Waals surface area contributed by atoms with Crippen LogP contribution in [0.1, 0.15) is 40.5 Å². The minimum absolute atomic E-state index is 0.143. The van der Waals surface area contributed by atoms with Crippen LogP contribution in [0.2, 0.25) is 0 Å². The number of nitrogens with one attached hydrogen (secondary N) is 1. The normalized spacial score (nSPS) is 22.9. The van der Waals surface area contributed by atoms with Crippen molar-refractivity contribution in [3.8, 4) is 0 Å². The summed E-state index contributed by atoms with van der Waals surface area (Å²) in [5, 5.41) is 3.23. The largest absolute Gasteiger partial charge is 0.315 e. The molecular formula is C11H24N2O2S. The molecule has 96 valence electrons. The van der Waals surface area contributed by atoms with Crippen LogP contribution in [-0.4, -0.2) is 43.1 Å². The van der Waals surface area contributed by atoms with Crippen LogP contribution in [0.3, 0.4) is 0 Å². The lowest BCUT2D eigenvalue weighted by atomic mass is 10.2. The molecule has 1 unspecified atom stereocenters. The van der Waals surface area contributed by atoms with Gasteiger partial charge in [0.05, 0.1) is 4.75 Å². The van der Waals surface area contributed by atoms with Gasteiger partial charge in [-0.3, -0.25) is 0 Å². The lowest BCUT2D eigenvalue weighted by Crippen LogP contribution is -2.49. The van der Waals surface area contributed by atoms with E-state index in [0.29, 0.717) is 6.54 Å². The van der Waals surface area contributed by atoms with Crippen LogP contribution in [-0.2, 0) is 10.0 Å². The fraction of sp³-hybridized carbons (Fsp3) is 1.00. The average molecular weight is 248 g/mol. The van der Waals surface area contributed by atoms with Gasteiger partial charge >= 0.3 is 0 Å². The van der Waals surface area contributed by atoms with E-state index in [-0.39, 0.29) is 6.04 Å². The molecular weight excluding hydrogens is 224 g/mol. The average Bonchev–Trinajstić information content (AvgIpc) is 2.64. The van der Waals surface area contributed by atoms with Crippen molar-refractivity contribution in [2.75, 3.05) is 19.6 Å². The second-order valence-corrected chi connectivity index (χ2v) is 8.02. The zero-order chi connectivity index (χ0) is 12.4. The first-order valence-corrected chi connectivity index (χ1v) is 7.47. The second-order valence-electron chi connectivity index (χ2n) is 5.37. The summed E-state index contributed by atoms with van der Waals surface area (Å²) in [7, 11) is -3.19. The molecule has 0 bridgehead atoms. The standard InChI is InChI=1S/C11H24N2O2S/c1-5-8-13(10-6-7-12-9-10)16(14,15)11(2,3)4/h10,12H,5-9H2,1-4H3. The van der Waals surface area contributed by atoms with Gasteiger partial charge in [0.15, 0.2) is 0 Å². The van der Waals surface area contributed by atoms with Crippen molar-refractivity contribution in [1.29, 1.82) is 0 Å². The van der Waals surface area contributed by atoms with E-state index in [2.05, 4.69) is 5.32 Å². The Morgan fingerprint density at radius 3 is 2.38 bits per heavy atom. The van der Waals surface area contributed by atoms with Crippen LogP contribution in [0.5, 0.6) is 0 Å². The Balaban J connectivity index is 2.92. The summed E-state index contributed by atoms with van der Waals surface area (Å²) in [4.78, 5) is 0. The van der Waals surface area contributed by atoms with Gasteiger partial charge in [0.2, 0.25) is 10.0 Å². The minimum Gasteiger partial charge on any atom is -0.315 e. The lowest BCUT2D eigenvalue weighted by Gasteiger charge is -2.33. The van der Waals surface area contributed by atoms with E-state index in [0.717, 1.165) is 25.9 Å². The molecule has 0 aromatic rings. The molecule has 1 N–H and O–H groups in total. The maximum atomic E-state index is 12.4. The van der Waals surface area contributed by atoms with Gasteiger partial charge in [-0.1, -0.05) is 6.92 Å². The SMILES string of the molecule is CCCN(C1CCNC1)S(=O)(=O)C(C)(C)C. The van der Waals surface area contributed by atoms with Gasteiger partial charge in [0.25, 0.3) is 0 Å². The molecule has 1 saturated heterocycles. The van der Waals surface area contributed by atoms with E-state index >= 15 is 0 Å². The molecule has 1 aliphatic rings. The Morgan fingerprint density at radius 1 is 1.38 bits per heavy atom. The summed E-state index contributed by atoms with van der Waals surface area (Å²) in [6.07, 6.45) is 1.79. The first-order chi connectivity index (χ1) is 7.30. The van der Waals surface area contributed by atoms with Gasteiger partial charge < -0.3 is 5.32 Å². The Hall–Kier alpha value is -0.130. The van der Waals surface area contributed by atoms with Gasteiger partial charge in [-0.15, -0.1) is 0 Å². The Labute approximate surface area is 99.5 Å². The minimum atomic E-state index is -3.19. The molecule has 5 heteroatoms. The third kappa shape index (κ3) is 2.76. The summed E-state index contributed by atoms with van der Waals surface area (Å²) >= 11 is 0. The lowest BCUT2D eigenvalue weighted by molar-refractivity contribution is 0.325. The third-order valence-corrected chi connectivity index (χ3v) is 5.61. The predicted octanol–water partition coefficient (Wildman–Crippen LogP) is 1.19. The van der Waals surface area contributed by atoms with Gasteiger partial charge in [-0.05, 0) is 40.2 Å². The molecule has 1 atom stereocenters. The van der Waals surface area contributed by atoms with E-state index in [1.165, 1.54) is 0 Å². The van der Waals surface area contributed by atoms with Crippen molar-refractivity contribution >= 4 is 10.0 Å². The molecule has 4 nitrogen and oxygen atoms in total. The van der Waals surface area contributed by atoms with Crippen LogP contribution >= 0.6 is 0 Å². The van der Waals surface area contributed by atoms with Crippen molar-refractivity contribution in [3.05, 3.63) is 0 Å². The van der Waals surface area contributed by atoms with Crippen molar-refractivity contribution < 1.29 is 8.42 Å². The monoisotopic (exact) mass is 248 g/mol. The van der Waals surface area contributed by atoms with Crippen molar-refractivity contribution in [1.82, 2.24) is 9.62 Å². The quantitative estimate of drug-likeness (QED) is 0.813. The zero-order valence-electron chi connectivity index (χ0n) is 10.8. The first-order valence-electron chi connectivity index (χ1n) is 6.03. The van der Waals surface area contributed by atoms with Crippen LogP contribution in [0, 0.1) is 0 Å². The highest BCUT2D eigenvalue weighted by molar-refractivity contribution is 7.90. The van der Waals surface area contributed by atoms with Gasteiger partial charge in [0.1, 0.15) is 0 Å². The molecule has 16 heavy (non-hydrogen) atoms. The smallest absolute Gasteiger partial charge is 0.219 e. The first kappa shape index (κ1) is 13.9. The van der Waals surface area contributed by atoms with Crippen molar-refractivity contribution in [3.63, 3.8) is 0 Å². The number of hydrogen-bond acceptors (Lipinski definition) is 3. The zero-order valence-corrected chi connectivity index (χ0v) is 11.6. The molecule has 1 rings (SSSR count). The van der Waals surface area contributed by atoms with Crippen LogP contribution in [0.15, 0.2) is 0 Å². The Bertz CT molecular complexity index is 313. The van der Waals surface area contributed by atoms with Crippen LogP contribution in [0.25, 0.3) is 0 Å². The van der Waals surface area contributed by atoms with Crippen LogP contribution in [0.4, 0.5) is 0 Å². The highest BCUT2D eigenvalue weighted by atomic mass is 32.2. The molecule has 0 aromatic heterocycles. The summed E-state index contributed by atoms with van der Waals surface area (Å²) in [6, 6.07) is 0.143. The molecule has 1 aliphatic heterocycles. The van der Waals surface area contributed by atoms with E-state index in [4.69, 9.17) is 0 Å². The number of hydrogen-bond donors (Lipinski definition) is 1. The summed E-state index contributed by atoms with van der Waals surface area (Å²) in [6.45, 7) is 9.67. The second kappa shape index (κ2) is 5.02. The molecule has 1 fully saturated rings. The van der Waals surface area contributed by atoms with Crippen LogP contribution < -0.4 is 5.32 Å².